The van der Waals surface area contributed by atoms with Crippen molar-refractivity contribution in [3.63, 3.8) is 0 Å². The van der Waals surface area contributed by atoms with E-state index in [0.717, 1.165) is 6.07 Å². The van der Waals surface area contributed by atoms with Gasteiger partial charge in [0, 0.05) is 93.9 Å². The smallest absolute Gasteiger partial charge is 0.259 e. The molecule has 9 rings (SSSR count). The Labute approximate surface area is 463 Å². The van der Waals surface area contributed by atoms with Crippen molar-refractivity contribution >= 4 is 81.5 Å². The topological polar surface area (TPSA) is 175 Å². The Hall–Kier alpha value is -8.67. The monoisotopic (exact) mass is 1140 g/mol. The van der Waals surface area contributed by atoms with Crippen molar-refractivity contribution in [3.05, 3.63) is 241 Å². The molecular formula is C58H40Cl4F3N3O10. The van der Waals surface area contributed by atoms with Gasteiger partial charge in [-0.1, -0.05) is 64.6 Å². The Bertz CT molecular complexity index is 3540. The first-order chi connectivity index (χ1) is 37.4. The summed E-state index contributed by atoms with van der Waals surface area (Å²) in [5.41, 5.74) is 1.79. The van der Waals surface area contributed by atoms with Gasteiger partial charge in [-0.05, 0) is 109 Å². The van der Waals surface area contributed by atoms with E-state index in [0.29, 0.717) is 57.2 Å². The Morgan fingerprint density at radius 3 is 1.19 bits per heavy atom. The highest BCUT2D eigenvalue weighted by molar-refractivity contribution is 6.32. The van der Waals surface area contributed by atoms with Crippen LogP contribution in [0.4, 0.5) is 13.2 Å². The van der Waals surface area contributed by atoms with Crippen molar-refractivity contribution in [1.82, 2.24) is 16.0 Å². The SMILES string of the molecule is COc1cc(F)ccc1Oc1cc(Cl)ccc1C(=O)NC1=CC(=O)CC=C1.O=C1C=C(NC(=O)c2ccc(Cl)cc2Oc2ccc(F)cc2)C=CC1.O=C1C=C(NC(=O)c2ccc(Cl)cc2Oc2ccc(F)cc2Cl)C=CC1. The quantitative estimate of drug-likeness (QED) is 0.101. The van der Waals surface area contributed by atoms with Gasteiger partial charge in [-0.3, -0.25) is 28.8 Å². The average molecular weight is 1140 g/mol. The Morgan fingerprint density at radius 1 is 0.423 bits per heavy atom. The number of allylic oxidation sites excluding steroid dienone is 9. The first-order valence-electron chi connectivity index (χ1n) is 23.0. The van der Waals surface area contributed by atoms with E-state index in [4.69, 9.17) is 65.4 Å². The standard InChI is InChI=1S/C20H15ClFNO4.C19H12Cl2FNO3.C19H13ClFNO3/c1-26-19-10-13(22)6-8-17(19)27-18-9-12(21)5-7-16(18)20(25)23-14-3-2-4-15(24)11-14;20-11-4-6-15(19(25)23-13-2-1-3-14(24)10-13)18(8-11)26-17-7-5-12(22)9-16(17)21;20-12-4-9-17(19(24)22-14-2-1-3-15(23)11-14)18(10-12)25-16-7-5-13(21)6-8-16/h2-3,5-11H,4H2,1H3,(H,23,25);1-2,4-10H,3H2,(H,23,25);1-2,4-11H,3H2,(H,22,24). The van der Waals surface area contributed by atoms with Crippen LogP contribution in [0.15, 0.2) is 187 Å². The van der Waals surface area contributed by atoms with Crippen molar-refractivity contribution in [2.45, 2.75) is 19.3 Å². The van der Waals surface area contributed by atoms with Gasteiger partial charge < -0.3 is 34.9 Å². The number of rotatable bonds is 13. The number of nitrogens with one attached hydrogen (secondary N) is 3. The molecule has 0 aliphatic heterocycles. The van der Waals surface area contributed by atoms with E-state index in [1.165, 1.54) is 122 Å². The lowest BCUT2D eigenvalue weighted by Crippen LogP contribution is -2.24. The minimum absolute atomic E-state index is 0.0554. The average Bonchev–Trinajstić information content (AvgIpc) is 3.40. The van der Waals surface area contributed by atoms with Crippen molar-refractivity contribution in [2.75, 3.05) is 7.11 Å². The normalized spacial score (nSPS) is 13.3. The van der Waals surface area contributed by atoms with Gasteiger partial charge in [-0.25, -0.2) is 13.2 Å². The van der Waals surface area contributed by atoms with E-state index in [-0.39, 0.29) is 73.6 Å². The lowest BCUT2D eigenvalue weighted by atomic mass is 10.1. The Balaban J connectivity index is 0.000000170. The molecule has 0 atom stereocenters. The number of ketones is 3. The summed E-state index contributed by atoms with van der Waals surface area (Å²) in [6.07, 6.45) is 15.0. The lowest BCUT2D eigenvalue weighted by Gasteiger charge is -2.15. The lowest BCUT2D eigenvalue weighted by molar-refractivity contribution is -0.114. The van der Waals surface area contributed by atoms with Gasteiger partial charge >= 0.3 is 0 Å². The maximum atomic E-state index is 13.4. The van der Waals surface area contributed by atoms with Gasteiger partial charge in [-0.15, -0.1) is 0 Å². The summed E-state index contributed by atoms with van der Waals surface area (Å²) in [6, 6.07) is 26.4. The highest BCUT2D eigenvalue weighted by Crippen LogP contribution is 2.36. The molecule has 0 spiro atoms. The molecule has 0 fully saturated rings. The predicted octanol–water partition coefficient (Wildman–Crippen LogP) is 13.9. The third kappa shape index (κ3) is 16.4. The first-order valence-corrected chi connectivity index (χ1v) is 24.5. The summed E-state index contributed by atoms with van der Waals surface area (Å²) in [5, 5.41) is 9.08. The summed E-state index contributed by atoms with van der Waals surface area (Å²) in [5.74, 6) is -1.61. The highest BCUT2D eigenvalue weighted by Gasteiger charge is 2.21. The van der Waals surface area contributed by atoms with Crippen LogP contribution in [0.25, 0.3) is 0 Å². The van der Waals surface area contributed by atoms with Crippen LogP contribution < -0.4 is 34.9 Å². The molecule has 13 nitrogen and oxygen atoms in total. The molecule has 20 heteroatoms. The van der Waals surface area contributed by atoms with E-state index in [2.05, 4.69) is 16.0 Å². The summed E-state index contributed by atoms with van der Waals surface area (Å²) in [4.78, 5) is 72.1. The van der Waals surface area contributed by atoms with E-state index in [1.807, 2.05) is 0 Å². The summed E-state index contributed by atoms with van der Waals surface area (Å²) in [6.45, 7) is 0. The van der Waals surface area contributed by atoms with Crippen molar-refractivity contribution < 1.29 is 60.9 Å². The summed E-state index contributed by atoms with van der Waals surface area (Å²) >= 11 is 24.0. The van der Waals surface area contributed by atoms with E-state index >= 15 is 0 Å². The number of hydrogen-bond acceptors (Lipinski definition) is 10. The fourth-order valence-corrected chi connectivity index (χ4v) is 7.72. The van der Waals surface area contributed by atoms with Crippen molar-refractivity contribution in [1.29, 1.82) is 0 Å². The number of benzene rings is 6. The van der Waals surface area contributed by atoms with Gasteiger partial charge in [0.1, 0.15) is 46.2 Å². The molecule has 0 bridgehead atoms. The maximum absolute atomic E-state index is 13.4. The van der Waals surface area contributed by atoms with Gasteiger partial charge in [0.25, 0.3) is 17.7 Å². The molecule has 0 unspecified atom stereocenters. The Morgan fingerprint density at radius 2 is 0.795 bits per heavy atom. The van der Waals surface area contributed by atoms with E-state index in [9.17, 15) is 41.9 Å². The van der Waals surface area contributed by atoms with Crippen LogP contribution >= 0.6 is 46.4 Å². The van der Waals surface area contributed by atoms with Crippen LogP contribution in [-0.4, -0.2) is 42.2 Å². The van der Waals surface area contributed by atoms with E-state index < -0.39 is 35.2 Å². The second-order valence-corrected chi connectivity index (χ2v) is 18.1. The minimum atomic E-state index is -0.507. The third-order valence-corrected chi connectivity index (χ3v) is 11.6. The molecule has 0 radical (unpaired) electrons. The van der Waals surface area contributed by atoms with Crippen LogP contribution in [0.1, 0.15) is 50.3 Å². The van der Waals surface area contributed by atoms with Crippen molar-refractivity contribution in [3.8, 4) is 40.2 Å². The molecule has 6 aromatic carbocycles. The highest BCUT2D eigenvalue weighted by atomic mass is 35.5. The Kier molecular flexibility index (Phi) is 19.7. The summed E-state index contributed by atoms with van der Waals surface area (Å²) in [7, 11) is 1.38. The van der Waals surface area contributed by atoms with Crippen LogP contribution in [0.3, 0.4) is 0 Å². The van der Waals surface area contributed by atoms with Crippen LogP contribution in [0, 0.1) is 17.5 Å². The number of amides is 3. The zero-order valence-electron chi connectivity index (χ0n) is 40.5. The zero-order valence-corrected chi connectivity index (χ0v) is 43.5. The molecule has 3 aliphatic rings. The molecule has 0 aromatic heterocycles. The van der Waals surface area contributed by atoms with Crippen LogP contribution in [0.5, 0.6) is 40.2 Å². The second kappa shape index (κ2) is 26.9. The number of carbonyl (C=O) groups excluding carboxylic acids is 6. The van der Waals surface area contributed by atoms with Gasteiger partial charge in [0.2, 0.25) is 0 Å². The number of methoxy groups -OCH3 is 1. The molecule has 6 aromatic rings. The molecule has 3 N–H and O–H groups in total. The number of carbonyl (C=O) groups is 6. The second-order valence-electron chi connectivity index (χ2n) is 16.4. The van der Waals surface area contributed by atoms with Crippen molar-refractivity contribution in [2.24, 2.45) is 0 Å². The maximum Gasteiger partial charge on any atom is 0.259 e. The molecule has 0 saturated heterocycles. The molecule has 0 heterocycles. The molecular weight excluding hydrogens is 1100 g/mol. The van der Waals surface area contributed by atoms with Crippen LogP contribution in [0.2, 0.25) is 20.1 Å². The van der Waals surface area contributed by atoms with Crippen LogP contribution in [-0.2, 0) is 14.4 Å². The zero-order chi connectivity index (χ0) is 55.9. The van der Waals surface area contributed by atoms with E-state index in [1.54, 1.807) is 48.6 Å². The number of hydrogen-bond donors (Lipinski definition) is 3. The first kappa shape index (κ1) is 57.0. The number of ether oxygens (including phenoxy) is 4. The van der Waals surface area contributed by atoms with Gasteiger partial charge in [0.05, 0.1) is 28.8 Å². The summed E-state index contributed by atoms with van der Waals surface area (Å²) < 4.78 is 61.8. The van der Waals surface area contributed by atoms with Gasteiger partial charge in [-0.2, -0.15) is 0 Å². The molecule has 78 heavy (non-hydrogen) atoms. The van der Waals surface area contributed by atoms with Gasteiger partial charge in [0.15, 0.2) is 28.8 Å². The molecule has 3 aliphatic carbocycles. The molecule has 3 amide bonds. The predicted molar refractivity (Wildman–Crippen MR) is 288 cm³/mol. The largest absolute Gasteiger partial charge is 0.493 e. The number of halogens is 7. The fraction of sp³-hybridized carbons (Fsp3) is 0.0690. The third-order valence-electron chi connectivity index (χ3n) is 10.6. The minimum Gasteiger partial charge on any atom is -0.493 e. The fourth-order valence-electron chi connectivity index (χ4n) is 7.03. The molecule has 396 valence electrons. The molecule has 0 saturated carbocycles.